The number of piperidine rings is 1. The second kappa shape index (κ2) is 8.90. The van der Waals surface area contributed by atoms with E-state index in [0.717, 1.165) is 74.2 Å². The van der Waals surface area contributed by atoms with Crippen molar-refractivity contribution in [3.8, 4) is 0 Å². The highest BCUT2D eigenvalue weighted by molar-refractivity contribution is 5.98. The Morgan fingerprint density at radius 1 is 1.19 bits per heavy atom. The van der Waals surface area contributed by atoms with Crippen LogP contribution in [-0.2, 0) is 6.54 Å². The smallest absolute Gasteiger partial charge is 0.256 e. The van der Waals surface area contributed by atoms with Gasteiger partial charge in [0.1, 0.15) is 5.82 Å². The highest BCUT2D eigenvalue weighted by atomic mass is 19.1. The molecule has 0 atom stereocenters. The quantitative estimate of drug-likeness (QED) is 0.570. The maximum atomic E-state index is 13.4. The van der Waals surface area contributed by atoms with Crippen LogP contribution < -0.4 is 0 Å². The zero-order valence-corrected chi connectivity index (χ0v) is 18.5. The first-order chi connectivity index (χ1) is 15.6. The van der Waals surface area contributed by atoms with E-state index in [1.165, 1.54) is 12.1 Å². The molecule has 1 saturated heterocycles. The van der Waals surface area contributed by atoms with Crippen molar-refractivity contribution in [3.05, 3.63) is 59.3 Å². The molecule has 0 N–H and O–H groups in total. The largest absolute Gasteiger partial charge is 0.356 e. The molecule has 1 amide bonds. The summed E-state index contributed by atoms with van der Waals surface area (Å²) >= 11 is 0. The number of carbonyl (C=O) groups is 1. The van der Waals surface area contributed by atoms with Crippen molar-refractivity contribution >= 4 is 23.0 Å². The molecule has 2 aliphatic heterocycles. The van der Waals surface area contributed by atoms with Gasteiger partial charge in [0.15, 0.2) is 5.58 Å². The lowest BCUT2D eigenvalue weighted by atomic mass is 9.91. The molecule has 2 aliphatic rings. The van der Waals surface area contributed by atoms with Gasteiger partial charge in [-0.3, -0.25) is 4.79 Å². The molecule has 5 rings (SSSR count). The van der Waals surface area contributed by atoms with E-state index in [-0.39, 0.29) is 11.7 Å². The van der Waals surface area contributed by atoms with Crippen LogP contribution in [0.25, 0.3) is 17.0 Å². The van der Waals surface area contributed by atoms with E-state index in [2.05, 4.69) is 33.7 Å². The molecular formula is C25H29FN4O2. The van der Waals surface area contributed by atoms with Gasteiger partial charge in [-0.25, -0.2) is 4.39 Å². The molecule has 168 valence electrons. The standard InChI is InChI=1S/C25H29FN4O2/c1-2-28-16-19-5-3-11-30(25(31)22(19)17-28)12-4-10-29-13-8-18(9-14-29)24-21-7-6-20(26)15-23(21)32-27-24/h3,5-7,15-18H,2,4,8-14H2,1H3. The Balaban J connectivity index is 1.13. The third-order valence-corrected chi connectivity index (χ3v) is 6.76. The zero-order valence-electron chi connectivity index (χ0n) is 18.5. The summed E-state index contributed by atoms with van der Waals surface area (Å²) < 4.78 is 20.8. The van der Waals surface area contributed by atoms with Gasteiger partial charge in [0.25, 0.3) is 5.91 Å². The Kier molecular flexibility index (Phi) is 5.83. The Bertz CT molecular complexity index is 1140. The summed E-state index contributed by atoms with van der Waals surface area (Å²) in [6, 6.07) is 4.65. The monoisotopic (exact) mass is 436 g/mol. The van der Waals surface area contributed by atoms with Crippen LogP contribution in [0.4, 0.5) is 4.39 Å². The number of hydrogen-bond donors (Lipinski definition) is 0. The van der Waals surface area contributed by atoms with Gasteiger partial charge in [-0.1, -0.05) is 17.3 Å². The summed E-state index contributed by atoms with van der Waals surface area (Å²) in [5.74, 6) is 0.175. The van der Waals surface area contributed by atoms with Gasteiger partial charge in [0, 0.05) is 55.0 Å². The molecule has 0 radical (unpaired) electrons. The van der Waals surface area contributed by atoms with Crippen LogP contribution in [0.3, 0.4) is 0 Å². The maximum absolute atomic E-state index is 13.4. The summed E-state index contributed by atoms with van der Waals surface area (Å²) in [6.07, 6.45) is 11.1. The molecule has 0 unspecified atom stereocenters. The number of halogens is 1. The molecule has 4 heterocycles. The third-order valence-electron chi connectivity index (χ3n) is 6.76. The number of amides is 1. The van der Waals surface area contributed by atoms with Crippen LogP contribution >= 0.6 is 0 Å². The number of aromatic nitrogens is 2. The molecule has 1 aromatic carbocycles. The fourth-order valence-corrected chi connectivity index (χ4v) is 4.91. The van der Waals surface area contributed by atoms with E-state index in [1.807, 2.05) is 17.3 Å². The van der Waals surface area contributed by atoms with Gasteiger partial charge in [-0.2, -0.15) is 0 Å². The van der Waals surface area contributed by atoms with Gasteiger partial charge in [-0.05, 0) is 58.0 Å². The Hall–Kier alpha value is -2.93. The predicted octanol–water partition coefficient (Wildman–Crippen LogP) is 4.53. The second-order valence-electron chi connectivity index (χ2n) is 8.79. The van der Waals surface area contributed by atoms with Crippen molar-refractivity contribution in [1.29, 1.82) is 0 Å². The van der Waals surface area contributed by atoms with E-state index in [9.17, 15) is 9.18 Å². The number of carbonyl (C=O) groups excluding carboxylic acids is 1. The lowest BCUT2D eigenvalue weighted by molar-refractivity contribution is 0.0766. The molecule has 32 heavy (non-hydrogen) atoms. The average molecular weight is 437 g/mol. The third kappa shape index (κ3) is 4.09. The van der Waals surface area contributed by atoms with Crippen molar-refractivity contribution in [1.82, 2.24) is 19.5 Å². The van der Waals surface area contributed by atoms with E-state index >= 15 is 0 Å². The van der Waals surface area contributed by atoms with Crippen LogP contribution in [0, 0.1) is 5.82 Å². The highest BCUT2D eigenvalue weighted by Crippen LogP contribution is 2.32. The Morgan fingerprint density at radius 2 is 2.03 bits per heavy atom. The fourth-order valence-electron chi connectivity index (χ4n) is 4.91. The number of rotatable bonds is 6. The summed E-state index contributed by atoms with van der Waals surface area (Å²) in [4.78, 5) is 17.4. The molecule has 6 nitrogen and oxygen atoms in total. The number of likely N-dealkylation sites (tertiary alicyclic amines) is 1. The van der Waals surface area contributed by atoms with Crippen LogP contribution in [-0.4, -0.2) is 58.2 Å². The normalized spacial score (nSPS) is 17.8. The molecule has 2 aromatic heterocycles. The molecule has 3 aromatic rings. The molecule has 0 bridgehead atoms. The van der Waals surface area contributed by atoms with E-state index in [1.54, 1.807) is 6.07 Å². The van der Waals surface area contributed by atoms with Crippen LogP contribution in [0.1, 0.15) is 53.7 Å². The summed E-state index contributed by atoms with van der Waals surface area (Å²) in [5, 5.41) is 5.16. The lowest BCUT2D eigenvalue weighted by Gasteiger charge is -2.31. The summed E-state index contributed by atoms with van der Waals surface area (Å²) in [5.41, 5.74) is 3.30. The minimum Gasteiger partial charge on any atom is -0.356 e. The Labute approximate surface area is 187 Å². The Morgan fingerprint density at radius 3 is 2.84 bits per heavy atom. The number of fused-ring (bicyclic) bond motifs is 2. The van der Waals surface area contributed by atoms with Crippen molar-refractivity contribution in [3.63, 3.8) is 0 Å². The van der Waals surface area contributed by atoms with Gasteiger partial charge < -0.3 is 18.9 Å². The molecule has 7 heteroatoms. The lowest BCUT2D eigenvalue weighted by Crippen LogP contribution is -2.37. The average Bonchev–Trinajstić information content (AvgIpc) is 3.38. The van der Waals surface area contributed by atoms with Crippen molar-refractivity contribution in [2.24, 2.45) is 0 Å². The number of hydrogen-bond acceptors (Lipinski definition) is 4. The summed E-state index contributed by atoms with van der Waals surface area (Å²) in [6.45, 7) is 7.36. The first-order valence-electron chi connectivity index (χ1n) is 11.5. The van der Waals surface area contributed by atoms with Gasteiger partial charge in [0.05, 0.1) is 11.3 Å². The van der Waals surface area contributed by atoms with Crippen molar-refractivity contribution < 1.29 is 13.7 Å². The van der Waals surface area contributed by atoms with E-state index < -0.39 is 0 Å². The predicted molar refractivity (Wildman–Crippen MR) is 122 cm³/mol. The van der Waals surface area contributed by atoms with E-state index in [0.29, 0.717) is 18.0 Å². The number of nitrogens with zero attached hydrogens (tertiary/aromatic N) is 4. The zero-order chi connectivity index (χ0) is 22.1. The SMILES string of the molecule is CCn1cc2c(c1)C(=O)N(CCCN1CCC(c3noc4cc(F)ccc34)CC1)CC=C2. The molecule has 0 saturated carbocycles. The van der Waals surface area contributed by atoms with Crippen molar-refractivity contribution in [2.75, 3.05) is 32.7 Å². The maximum Gasteiger partial charge on any atom is 0.256 e. The molecular weight excluding hydrogens is 407 g/mol. The van der Waals surface area contributed by atoms with E-state index in [4.69, 9.17) is 4.52 Å². The summed E-state index contributed by atoms with van der Waals surface area (Å²) in [7, 11) is 0. The minimum absolute atomic E-state index is 0.130. The number of benzene rings is 1. The van der Waals surface area contributed by atoms with Crippen molar-refractivity contribution in [2.45, 2.75) is 38.6 Å². The molecule has 0 spiro atoms. The second-order valence-corrected chi connectivity index (χ2v) is 8.79. The molecule has 1 fully saturated rings. The first-order valence-corrected chi connectivity index (χ1v) is 11.5. The fraction of sp³-hybridized carbons (Fsp3) is 0.440. The number of aryl methyl sites for hydroxylation is 1. The topological polar surface area (TPSA) is 54.5 Å². The first kappa shape index (κ1) is 20.9. The van der Waals surface area contributed by atoms with Crippen LogP contribution in [0.2, 0.25) is 0 Å². The van der Waals surface area contributed by atoms with Crippen LogP contribution in [0.15, 0.2) is 41.2 Å². The van der Waals surface area contributed by atoms with Gasteiger partial charge >= 0.3 is 0 Å². The minimum atomic E-state index is -0.299. The van der Waals surface area contributed by atoms with Crippen LogP contribution in [0.5, 0.6) is 0 Å². The van der Waals surface area contributed by atoms with Gasteiger partial charge in [-0.15, -0.1) is 0 Å². The van der Waals surface area contributed by atoms with Gasteiger partial charge in [0.2, 0.25) is 0 Å². The molecule has 0 aliphatic carbocycles. The highest BCUT2D eigenvalue weighted by Gasteiger charge is 2.26.